The number of aromatic amines is 1. The smallest absolute Gasteiger partial charge is 0.203 e. The SMILES string of the molecule is CC(=S)NCCCCCCNc1nc(=S)c2ncn(C3O[C@H](CO)[C@H](O)C3O)c2[nH]1. The number of hydrogen-bond donors (Lipinski definition) is 6. The average molecular weight is 457 g/mol. The van der Waals surface area contributed by atoms with Crippen molar-refractivity contribution in [3.8, 4) is 0 Å². The molecular weight excluding hydrogens is 428 g/mol. The van der Waals surface area contributed by atoms with Gasteiger partial charge in [0.1, 0.15) is 29.5 Å². The van der Waals surface area contributed by atoms with E-state index in [4.69, 9.17) is 29.2 Å². The van der Waals surface area contributed by atoms with Gasteiger partial charge in [0.15, 0.2) is 10.9 Å². The summed E-state index contributed by atoms with van der Waals surface area (Å²) >= 11 is 10.3. The molecule has 1 aliphatic rings. The van der Waals surface area contributed by atoms with Crippen LogP contribution in [-0.4, -0.2) is 77.8 Å². The molecule has 1 aliphatic heterocycles. The molecule has 0 aromatic carbocycles. The number of thiocarbonyl (C=S) groups is 1. The van der Waals surface area contributed by atoms with E-state index in [2.05, 4.69) is 25.6 Å². The molecule has 2 aromatic rings. The first-order chi connectivity index (χ1) is 14.4. The van der Waals surface area contributed by atoms with Gasteiger partial charge >= 0.3 is 0 Å². The van der Waals surface area contributed by atoms with Gasteiger partial charge in [0.25, 0.3) is 0 Å². The lowest BCUT2D eigenvalue weighted by molar-refractivity contribution is -0.0511. The van der Waals surface area contributed by atoms with Crippen molar-refractivity contribution in [2.24, 2.45) is 0 Å². The van der Waals surface area contributed by atoms with Crippen LogP contribution < -0.4 is 10.6 Å². The predicted molar refractivity (Wildman–Crippen MR) is 119 cm³/mol. The van der Waals surface area contributed by atoms with Crippen molar-refractivity contribution in [1.29, 1.82) is 0 Å². The molecule has 3 heterocycles. The van der Waals surface area contributed by atoms with Crippen LogP contribution in [-0.2, 0) is 4.74 Å². The number of imidazole rings is 1. The lowest BCUT2D eigenvalue weighted by atomic mass is 10.1. The largest absolute Gasteiger partial charge is 0.394 e. The quantitative estimate of drug-likeness (QED) is 0.227. The zero-order valence-electron chi connectivity index (χ0n) is 16.7. The maximum Gasteiger partial charge on any atom is 0.203 e. The molecule has 0 aliphatic carbocycles. The Morgan fingerprint density at radius 3 is 2.63 bits per heavy atom. The molecule has 30 heavy (non-hydrogen) atoms. The Morgan fingerprint density at radius 2 is 1.97 bits per heavy atom. The molecule has 1 saturated heterocycles. The summed E-state index contributed by atoms with van der Waals surface area (Å²) in [5.41, 5.74) is 0.989. The number of rotatable bonds is 10. The molecular formula is C18H28N6O4S2. The van der Waals surface area contributed by atoms with E-state index in [0.717, 1.165) is 43.8 Å². The van der Waals surface area contributed by atoms with Crippen LogP contribution in [0.5, 0.6) is 0 Å². The monoisotopic (exact) mass is 456 g/mol. The average Bonchev–Trinajstić information content (AvgIpc) is 3.25. The zero-order valence-corrected chi connectivity index (χ0v) is 18.4. The van der Waals surface area contributed by atoms with Crippen molar-refractivity contribution >= 4 is 46.5 Å². The third-order valence-corrected chi connectivity index (χ3v) is 5.44. The molecule has 0 saturated carbocycles. The highest BCUT2D eigenvalue weighted by atomic mass is 32.1. The molecule has 3 rings (SSSR count). The standard InChI is InChI=1S/C18H28N6O4S2/c1-10(29)19-6-4-2-3-5-7-20-18-22-15-12(16(30)23-18)21-9-24(15)17-14(27)13(26)11(8-25)28-17/h9,11,13-14,17,25-27H,2-8H2,1H3,(H,19,29)(H2,20,22,23,30)/t11-,13+,14?,17?/m1/s1. The molecule has 6 N–H and O–H groups in total. The van der Waals surface area contributed by atoms with E-state index in [-0.39, 0.29) is 0 Å². The van der Waals surface area contributed by atoms with Gasteiger partial charge in [0.05, 0.1) is 17.9 Å². The minimum absolute atomic E-state index is 0.318. The number of anilines is 1. The van der Waals surface area contributed by atoms with Gasteiger partial charge in [-0.15, -0.1) is 0 Å². The van der Waals surface area contributed by atoms with Crippen LogP contribution in [0.15, 0.2) is 6.33 Å². The van der Waals surface area contributed by atoms with Crippen molar-refractivity contribution in [3.05, 3.63) is 11.0 Å². The van der Waals surface area contributed by atoms with Crippen LogP contribution in [0.25, 0.3) is 11.2 Å². The van der Waals surface area contributed by atoms with E-state index in [0.29, 0.717) is 21.8 Å². The molecule has 2 unspecified atom stereocenters. The number of hydrogen-bond acceptors (Lipinski definition) is 9. The summed E-state index contributed by atoms with van der Waals surface area (Å²) in [4.78, 5) is 12.5. The lowest BCUT2D eigenvalue weighted by Gasteiger charge is -2.17. The second kappa shape index (κ2) is 10.6. The number of aliphatic hydroxyl groups excluding tert-OH is 3. The number of aliphatic hydroxyl groups is 3. The summed E-state index contributed by atoms with van der Waals surface area (Å²) in [6.07, 6.45) is 1.55. The van der Waals surface area contributed by atoms with Crippen LogP contribution in [0.1, 0.15) is 38.8 Å². The minimum Gasteiger partial charge on any atom is -0.394 e. The molecule has 0 radical (unpaired) electrons. The third-order valence-electron chi connectivity index (χ3n) is 5.01. The number of aromatic nitrogens is 4. The number of fused-ring (bicyclic) bond motifs is 1. The Hall–Kier alpha value is -1.70. The fourth-order valence-electron chi connectivity index (χ4n) is 3.40. The summed E-state index contributed by atoms with van der Waals surface area (Å²) in [6.45, 7) is 3.11. The Kier molecular flexibility index (Phi) is 8.08. The van der Waals surface area contributed by atoms with Gasteiger partial charge in [-0.3, -0.25) is 4.57 Å². The van der Waals surface area contributed by atoms with Crippen molar-refractivity contribution in [1.82, 2.24) is 24.8 Å². The van der Waals surface area contributed by atoms with Crippen molar-refractivity contribution < 1.29 is 20.1 Å². The highest BCUT2D eigenvalue weighted by Crippen LogP contribution is 2.31. The topological polar surface area (TPSA) is 140 Å². The van der Waals surface area contributed by atoms with Gasteiger partial charge in [0.2, 0.25) is 5.95 Å². The van der Waals surface area contributed by atoms with Crippen molar-refractivity contribution in [2.45, 2.75) is 57.1 Å². The van der Waals surface area contributed by atoms with E-state index in [1.807, 2.05) is 6.92 Å². The zero-order chi connectivity index (χ0) is 21.7. The molecule has 2 aromatic heterocycles. The van der Waals surface area contributed by atoms with E-state index >= 15 is 0 Å². The number of H-pyrrole nitrogens is 1. The number of nitrogens with zero attached hydrogens (tertiary/aromatic N) is 3. The normalized spacial score (nSPS) is 23.7. The minimum atomic E-state index is -1.21. The molecule has 0 bridgehead atoms. The summed E-state index contributed by atoms with van der Waals surface area (Å²) in [7, 11) is 0. The summed E-state index contributed by atoms with van der Waals surface area (Å²) < 4.78 is 7.47. The molecule has 1 fully saturated rings. The number of unbranched alkanes of at least 4 members (excludes halogenated alkanes) is 3. The van der Waals surface area contributed by atoms with Crippen LogP contribution in [0.2, 0.25) is 0 Å². The third kappa shape index (κ3) is 5.31. The summed E-state index contributed by atoms with van der Waals surface area (Å²) in [6, 6.07) is 0. The molecule has 4 atom stereocenters. The van der Waals surface area contributed by atoms with Crippen molar-refractivity contribution in [3.63, 3.8) is 0 Å². The highest BCUT2D eigenvalue weighted by Gasteiger charge is 2.43. The molecule has 12 heteroatoms. The molecule has 0 spiro atoms. The van der Waals surface area contributed by atoms with E-state index in [1.165, 1.54) is 6.33 Å². The lowest BCUT2D eigenvalue weighted by Crippen LogP contribution is -2.33. The van der Waals surface area contributed by atoms with Gasteiger partial charge in [-0.05, 0) is 19.8 Å². The van der Waals surface area contributed by atoms with Crippen LogP contribution in [0, 0.1) is 4.64 Å². The Balaban J connectivity index is 1.60. The van der Waals surface area contributed by atoms with Crippen LogP contribution >= 0.6 is 24.4 Å². The molecule has 166 valence electrons. The highest BCUT2D eigenvalue weighted by molar-refractivity contribution is 7.80. The molecule has 0 amide bonds. The maximum absolute atomic E-state index is 10.3. The first-order valence-electron chi connectivity index (χ1n) is 10.00. The van der Waals surface area contributed by atoms with Gasteiger partial charge in [-0.25, -0.2) is 9.97 Å². The summed E-state index contributed by atoms with van der Waals surface area (Å²) in [5, 5.41) is 36.0. The van der Waals surface area contributed by atoms with Crippen LogP contribution in [0.3, 0.4) is 0 Å². The van der Waals surface area contributed by atoms with Crippen LogP contribution in [0.4, 0.5) is 5.95 Å². The fraction of sp³-hybridized carbons (Fsp3) is 0.667. The van der Waals surface area contributed by atoms with E-state index < -0.39 is 31.1 Å². The van der Waals surface area contributed by atoms with Gasteiger partial charge in [0, 0.05) is 13.1 Å². The van der Waals surface area contributed by atoms with Gasteiger partial charge in [-0.1, -0.05) is 37.3 Å². The van der Waals surface area contributed by atoms with Gasteiger partial charge in [-0.2, -0.15) is 0 Å². The Morgan fingerprint density at radius 1 is 1.23 bits per heavy atom. The predicted octanol–water partition coefficient (Wildman–Crippen LogP) is 1.01. The summed E-state index contributed by atoms with van der Waals surface area (Å²) in [5.74, 6) is 0.499. The second-order valence-corrected chi connectivity index (χ2v) is 8.29. The van der Waals surface area contributed by atoms with Gasteiger partial charge < -0.3 is 35.7 Å². The molecule has 10 nitrogen and oxygen atoms in total. The first-order valence-corrected chi connectivity index (χ1v) is 10.8. The second-order valence-electron chi connectivity index (χ2n) is 7.29. The Labute approximate surface area is 184 Å². The van der Waals surface area contributed by atoms with E-state index in [9.17, 15) is 15.3 Å². The maximum atomic E-state index is 10.3. The first kappa shape index (κ1) is 23.0. The number of ether oxygens (including phenoxy) is 1. The fourth-order valence-corrected chi connectivity index (χ4v) is 3.74. The number of nitrogens with one attached hydrogen (secondary N) is 3. The van der Waals surface area contributed by atoms with E-state index in [1.54, 1.807) is 4.57 Å². The Bertz CT molecular complexity index is 920. The van der Waals surface area contributed by atoms with Crippen molar-refractivity contribution in [2.75, 3.05) is 25.0 Å².